The van der Waals surface area contributed by atoms with Crippen LogP contribution in [0.1, 0.15) is 75.5 Å². The number of nitrogens with zero attached hydrogens (tertiary/aromatic N) is 3. The summed E-state index contributed by atoms with van der Waals surface area (Å²) >= 11 is 0. The Morgan fingerprint density at radius 2 is 1.69 bits per heavy atom. The molecule has 4 aromatic rings. The summed E-state index contributed by atoms with van der Waals surface area (Å²) in [5, 5.41) is 31.3. The van der Waals surface area contributed by atoms with E-state index in [0.29, 0.717) is 36.0 Å². The van der Waals surface area contributed by atoms with Crippen LogP contribution < -0.4 is 5.56 Å². The van der Waals surface area contributed by atoms with Crippen LogP contribution in [0.15, 0.2) is 87.4 Å². The van der Waals surface area contributed by atoms with Gasteiger partial charge >= 0.3 is 0 Å². The van der Waals surface area contributed by atoms with Crippen LogP contribution in [0, 0.1) is 11.3 Å². The van der Waals surface area contributed by atoms with Gasteiger partial charge in [-0.3, -0.25) is 9.36 Å². The van der Waals surface area contributed by atoms with E-state index >= 15 is 0 Å². The second-order valence-electron chi connectivity index (χ2n) is 10.8. The average Bonchev–Trinajstić information content (AvgIpc) is 2.97. The van der Waals surface area contributed by atoms with Crippen molar-refractivity contribution < 1.29 is 18.6 Å². The van der Waals surface area contributed by atoms with Crippen LogP contribution in [0.3, 0.4) is 0 Å². The number of sulfone groups is 1. The zero-order valence-electron chi connectivity index (χ0n) is 24.2. The van der Waals surface area contributed by atoms with Gasteiger partial charge in [-0.2, -0.15) is 10.2 Å². The van der Waals surface area contributed by atoms with E-state index in [4.69, 9.17) is 0 Å². The van der Waals surface area contributed by atoms with Crippen LogP contribution >= 0.6 is 0 Å². The number of hydrogen-bond acceptors (Lipinski definition) is 7. The zero-order valence-corrected chi connectivity index (χ0v) is 25.0. The number of aliphatic hydroxyl groups is 1. The molecule has 0 spiro atoms. The molecular formula is C33H35N3O5S. The normalized spacial score (nSPS) is 12.6. The molecule has 1 aromatic heterocycles. The lowest BCUT2D eigenvalue weighted by Gasteiger charge is -2.25. The molecule has 0 aliphatic heterocycles. The summed E-state index contributed by atoms with van der Waals surface area (Å²) < 4.78 is 29.1. The van der Waals surface area contributed by atoms with Crippen LogP contribution in [0.2, 0.25) is 0 Å². The first kappa shape index (κ1) is 30.7. The molecule has 0 bridgehead atoms. The van der Waals surface area contributed by atoms with E-state index in [2.05, 4.69) is 11.1 Å². The molecule has 1 atom stereocenters. The van der Waals surface area contributed by atoms with Gasteiger partial charge in [0.1, 0.15) is 5.82 Å². The van der Waals surface area contributed by atoms with E-state index in [0.717, 1.165) is 17.5 Å². The van der Waals surface area contributed by atoms with Gasteiger partial charge in [0.2, 0.25) is 15.7 Å². The Kier molecular flexibility index (Phi) is 9.00. The number of rotatable bonds is 10. The molecule has 0 amide bonds. The van der Waals surface area contributed by atoms with Gasteiger partial charge in [0.15, 0.2) is 4.90 Å². The first-order valence-corrected chi connectivity index (χ1v) is 15.4. The lowest BCUT2D eigenvalue weighted by atomic mass is 9.94. The standard InChI is InChI=1S/C33H35N3O5S/c1-5-7-14-29-35-31(37)30(32(38)36(29)28(6-2)25-12-8-10-22(19-25)21-34)42(40,41)27-17-15-23(16-18-27)24-11-9-13-26(20-24)33(3,4)39/h8-13,15-20,28,38-39H,5-7,14H2,1-4H3/t28-/m0/s1. The molecule has 0 saturated heterocycles. The van der Waals surface area contributed by atoms with Gasteiger partial charge in [-0.1, -0.05) is 62.7 Å². The van der Waals surface area contributed by atoms with Gasteiger partial charge in [-0.25, -0.2) is 8.42 Å². The van der Waals surface area contributed by atoms with Gasteiger partial charge in [-0.05, 0) is 79.3 Å². The minimum atomic E-state index is -4.47. The largest absolute Gasteiger partial charge is 0.493 e. The summed E-state index contributed by atoms with van der Waals surface area (Å²) in [6, 6.07) is 21.8. The van der Waals surface area contributed by atoms with E-state index in [1.807, 2.05) is 38.1 Å². The predicted molar refractivity (Wildman–Crippen MR) is 161 cm³/mol. The van der Waals surface area contributed by atoms with Crippen LogP contribution in [-0.2, 0) is 21.9 Å². The van der Waals surface area contributed by atoms with E-state index in [1.54, 1.807) is 50.2 Å². The van der Waals surface area contributed by atoms with Crippen molar-refractivity contribution >= 4 is 9.84 Å². The molecule has 9 heteroatoms. The fraction of sp³-hybridized carbons (Fsp3) is 0.303. The van der Waals surface area contributed by atoms with Crippen molar-refractivity contribution in [2.45, 2.75) is 74.8 Å². The van der Waals surface area contributed by atoms with E-state index in [9.17, 15) is 28.7 Å². The maximum absolute atomic E-state index is 13.8. The number of nitriles is 1. The SMILES string of the molecule is CCCCc1nc(=O)c(S(=O)(=O)c2ccc(-c3cccc(C(C)(C)O)c3)cc2)c(O)n1[C@@H](CC)c1cccc(C#N)c1. The summed E-state index contributed by atoms with van der Waals surface area (Å²) in [6.45, 7) is 7.24. The monoisotopic (exact) mass is 585 g/mol. The van der Waals surface area contributed by atoms with E-state index in [-0.39, 0.29) is 10.7 Å². The Morgan fingerprint density at radius 1 is 1.00 bits per heavy atom. The minimum absolute atomic E-state index is 0.161. The third-order valence-electron chi connectivity index (χ3n) is 7.32. The van der Waals surface area contributed by atoms with Crippen molar-refractivity contribution in [2.24, 2.45) is 0 Å². The number of aromatic hydroxyl groups is 1. The number of aromatic nitrogens is 2. The van der Waals surface area contributed by atoms with Crippen molar-refractivity contribution in [1.29, 1.82) is 5.26 Å². The van der Waals surface area contributed by atoms with Crippen LogP contribution in [0.4, 0.5) is 0 Å². The van der Waals surface area contributed by atoms with E-state index in [1.165, 1.54) is 16.7 Å². The van der Waals surface area contributed by atoms with Gasteiger partial charge in [0.05, 0.1) is 28.2 Å². The third kappa shape index (κ3) is 6.15. The van der Waals surface area contributed by atoms with Crippen molar-refractivity contribution in [3.63, 3.8) is 0 Å². The Balaban J connectivity index is 1.84. The van der Waals surface area contributed by atoms with Gasteiger partial charge in [-0.15, -0.1) is 0 Å². The van der Waals surface area contributed by atoms with Crippen LogP contribution in [-0.4, -0.2) is 28.2 Å². The molecule has 218 valence electrons. The molecule has 0 fully saturated rings. The van der Waals surface area contributed by atoms with Crippen LogP contribution in [0.5, 0.6) is 5.88 Å². The quantitative estimate of drug-likeness (QED) is 0.237. The van der Waals surface area contributed by atoms with E-state index < -0.39 is 37.8 Å². The molecule has 0 radical (unpaired) electrons. The number of benzene rings is 3. The molecule has 3 aromatic carbocycles. The third-order valence-corrected chi connectivity index (χ3v) is 9.11. The van der Waals surface area contributed by atoms with Crippen molar-refractivity contribution in [1.82, 2.24) is 9.55 Å². The lowest BCUT2D eigenvalue weighted by Crippen LogP contribution is -2.27. The summed E-state index contributed by atoms with van der Waals surface area (Å²) in [4.78, 5) is 16.5. The Bertz CT molecular complexity index is 1800. The topological polar surface area (TPSA) is 133 Å². The van der Waals surface area contributed by atoms with Gasteiger partial charge in [0, 0.05) is 6.42 Å². The van der Waals surface area contributed by atoms with Crippen molar-refractivity contribution in [3.8, 4) is 23.1 Å². The zero-order chi connectivity index (χ0) is 30.7. The second kappa shape index (κ2) is 12.3. The maximum Gasteiger partial charge on any atom is 0.296 e. The minimum Gasteiger partial charge on any atom is -0.493 e. The molecular weight excluding hydrogens is 550 g/mol. The molecule has 2 N–H and O–H groups in total. The first-order valence-electron chi connectivity index (χ1n) is 13.9. The highest BCUT2D eigenvalue weighted by molar-refractivity contribution is 7.91. The molecule has 0 aliphatic rings. The maximum atomic E-state index is 13.8. The highest BCUT2D eigenvalue weighted by atomic mass is 32.2. The van der Waals surface area contributed by atoms with Crippen molar-refractivity contribution in [3.05, 3.63) is 106 Å². The average molecular weight is 586 g/mol. The summed E-state index contributed by atoms with van der Waals surface area (Å²) in [6.07, 6.45) is 2.31. The Hall–Kier alpha value is -4.26. The predicted octanol–water partition coefficient (Wildman–Crippen LogP) is 5.89. The fourth-order valence-corrected chi connectivity index (χ4v) is 6.37. The number of aryl methyl sites for hydroxylation is 1. The smallest absolute Gasteiger partial charge is 0.296 e. The molecule has 1 heterocycles. The van der Waals surface area contributed by atoms with Crippen LogP contribution in [0.25, 0.3) is 11.1 Å². The fourth-order valence-electron chi connectivity index (χ4n) is 5.03. The molecule has 8 nitrogen and oxygen atoms in total. The Morgan fingerprint density at radius 3 is 2.31 bits per heavy atom. The molecule has 4 rings (SSSR count). The Labute approximate surface area is 246 Å². The molecule has 0 unspecified atom stereocenters. The first-order chi connectivity index (χ1) is 19.9. The summed E-state index contributed by atoms with van der Waals surface area (Å²) in [7, 11) is -4.47. The summed E-state index contributed by atoms with van der Waals surface area (Å²) in [5.41, 5.74) is 1.28. The van der Waals surface area contributed by atoms with Crippen molar-refractivity contribution in [2.75, 3.05) is 0 Å². The highest BCUT2D eigenvalue weighted by Crippen LogP contribution is 2.34. The molecule has 0 aliphatic carbocycles. The highest BCUT2D eigenvalue weighted by Gasteiger charge is 2.32. The summed E-state index contributed by atoms with van der Waals surface area (Å²) in [5.74, 6) is -0.383. The second-order valence-corrected chi connectivity index (χ2v) is 12.7. The number of hydrogen-bond donors (Lipinski definition) is 2. The molecule has 42 heavy (non-hydrogen) atoms. The lowest BCUT2D eigenvalue weighted by molar-refractivity contribution is 0.0786. The van der Waals surface area contributed by atoms with Gasteiger partial charge in [0.25, 0.3) is 5.56 Å². The van der Waals surface area contributed by atoms with Gasteiger partial charge < -0.3 is 10.2 Å². The number of unbranched alkanes of at least 4 members (excludes halogenated alkanes) is 1. The molecule has 0 saturated carbocycles.